The largest absolute Gasteiger partial charge is 0.497 e. The second-order valence-electron chi connectivity index (χ2n) is 5.55. The Morgan fingerprint density at radius 3 is 2.68 bits per heavy atom. The van der Waals surface area contributed by atoms with Crippen LogP contribution in [0.15, 0.2) is 18.2 Å². The van der Waals surface area contributed by atoms with Gasteiger partial charge < -0.3 is 14.4 Å². The standard InChI is InChI=1S/C17H23NO4/c1-4-12-9-13-10-14(21-2)5-6-15(13)18(11-12)16(19)7-8-17(20)22-3/h5-6,10,12H,4,7-9,11H2,1-3H3. The van der Waals surface area contributed by atoms with Gasteiger partial charge in [-0.2, -0.15) is 0 Å². The van der Waals surface area contributed by atoms with Crippen molar-refractivity contribution in [2.24, 2.45) is 5.92 Å². The van der Waals surface area contributed by atoms with Crippen LogP contribution in [0.3, 0.4) is 0 Å². The molecule has 0 N–H and O–H groups in total. The molecule has 1 heterocycles. The van der Waals surface area contributed by atoms with Crippen LogP contribution >= 0.6 is 0 Å². The molecule has 1 aliphatic heterocycles. The first-order valence-corrected chi connectivity index (χ1v) is 7.63. The topological polar surface area (TPSA) is 55.8 Å². The number of methoxy groups -OCH3 is 2. The summed E-state index contributed by atoms with van der Waals surface area (Å²) >= 11 is 0. The molecule has 0 spiro atoms. The van der Waals surface area contributed by atoms with Gasteiger partial charge in [0.2, 0.25) is 5.91 Å². The SMILES string of the molecule is CCC1Cc2cc(OC)ccc2N(C(=O)CCC(=O)OC)C1. The van der Waals surface area contributed by atoms with Crippen LogP contribution in [0.4, 0.5) is 5.69 Å². The molecule has 5 heteroatoms. The molecule has 0 saturated carbocycles. The molecule has 1 atom stereocenters. The number of carbonyl (C=O) groups is 2. The average molecular weight is 305 g/mol. The Morgan fingerprint density at radius 2 is 2.05 bits per heavy atom. The Labute approximate surface area is 131 Å². The summed E-state index contributed by atoms with van der Waals surface area (Å²) in [5, 5.41) is 0. The molecule has 1 aromatic rings. The van der Waals surface area contributed by atoms with E-state index < -0.39 is 0 Å². The van der Waals surface area contributed by atoms with Gasteiger partial charge in [0, 0.05) is 18.7 Å². The van der Waals surface area contributed by atoms with Crippen LogP contribution in [0.2, 0.25) is 0 Å². The molecule has 0 aliphatic carbocycles. The lowest BCUT2D eigenvalue weighted by Crippen LogP contribution is -2.40. The van der Waals surface area contributed by atoms with Gasteiger partial charge in [0.25, 0.3) is 0 Å². The van der Waals surface area contributed by atoms with E-state index in [9.17, 15) is 9.59 Å². The zero-order valence-electron chi connectivity index (χ0n) is 13.4. The molecule has 1 unspecified atom stereocenters. The first-order valence-electron chi connectivity index (χ1n) is 7.63. The summed E-state index contributed by atoms with van der Waals surface area (Å²) in [7, 11) is 2.98. The second-order valence-corrected chi connectivity index (χ2v) is 5.55. The lowest BCUT2D eigenvalue weighted by Gasteiger charge is -2.34. The zero-order chi connectivity index (χ0) is 16.1. The van der Waals surface area contributed by atoms with Crippen molar-refractivity contribution in [2.45, 2.75) is 32.6 Å². The van der Waals surface area contributed by atoms with E-state index in [2.05, 4.69) is 11.7 Å². The number of esters is 1. The molecular formula is C17H23NO4. The summed E-state index contributed by atoms with van der Waals surface area (Å²) in [6, 6.07) is 5.79. The maximum Gasteiger partial charge on any atom is 0.306 e. The fourth-order valence-corrected chi connectivity index (χ4v) is 2.80. The van der Waals surface area contributed by atoms with Crippen molar-refractivity contribution in [3.05, 3.63) is 23.8 Å². The molecule has 120 valence electrons. The number of amides is 1. The molecule has 1 aromatic carbocycles. The summed E-state index contributed by atoms with van der Waals surface area (Å²) in [6.07, 6.45) is 2.25. The fraction of sp³-hybridized carbons (Fsp3) is 0.529. The molecule has 1 amide bonds. The van der Waals surface area contributed by atoms with Crippen LogP contribution in [-0.2, 0) is 20.7 Å². The molecule has 0 radical (unpaired) electrons. The maximum atomic E-state index is 12.5. The van der Waals surface area contributed by atoms with Crippen molar-refractivity contribution in [3.8, 4) is 5.75 Å². The van der Waals surface area contributed by atoms with Gasteiger partial charge in [-0.1, -0.05) is 13.3 Å². The first kappa shape index (κ1) is 16.3. The highest BCUT2D eigenvalue weighted by Crippen LogP contribution is 2.34. The molecule has 0 saturated heterocycles. The number of ether oxygens (including phenoxy) is 2. The highest BCUT2D eigenvalue weighted by atomic mass is 16.5. The van der Waals surface area contributed by atoms with E-state index in [-0.39, 0.29) is 24.7 Å². The van der Waals surface area contributed by atoms with Crippen molar-refractivity contribution in [1.29, 1.82) is 0 Å². The third-order valence-corrected chi connectivity index (χ3v) is 4.18. The highest BCUT2D eigenvalue weighted by Gasteiger charge is 2.28. The number of benzene rings is 1. The van der Waals surface area contributed by atoms with Crippen molar-refractivity contribution >= 4 is 17.6 Å². The van der Waals surface area contributed by atoms with Crippen LogP contribution in [-0.4, -0.2) is 32.6 Å². The van der Waals surface area contributed by atoms with Gasteiger partial charge in [0.1, 0.15) is 5.75 Å². The number of hydrogen-bond donors (Lipinski definition) is 0. The number of nitrogens with zero attached hydrogens (tertiary/aromatic N) is 1. The van der Waals surface area contributed by atoms with Crippen molar-refractivity contribution in [2.75, 3.05) is 25.7 Å². The molecule has 5 nitrogen and oxygen atoms in total. The number of carbonyl (C=O) groups excluding carboxylic acids is 2. The number of anilines is 1. The van der Waals surface area contributed by atoms with Crippen molar-refractivity contribution < 1.29 is 19.1 Å². The van der Waals surface area contributed by atoms with E-state index in [1.54, 1.807) is 12.0 Å². The normalized spacial score (nSPS) is 16.9. The summed E-state index contributed by atoms with van der Waals surface area (Å²) < 4.78 is 9.88. The second kappa shape index (κ2) is 7.29. The van der Waals surface area contributed by atoms with E-state index in [0.29, 0.717) is 12.5 Å². The molecule has 0 aromatic heterocycles. The predicted octanol–water partition coefficient (Wildman–Crippen LogP) is 2.56. The van der Waals surface area contributed by atoms with Crippen molar-refractivity contribution in [1.82, 2.24) is 0 Å². The number of fused-ring (bicyclic) bond motifs is 1. The summed E-state index contributed by atoms with van der Waals surface area (Å²) in [4.78, 5) is 25.5. The Balaban J connectivity index is 2.20. The Morgan fingerprint density at radius 1 is 1.27 bits per heavy atom. The summed E-state index contributed by atoms with van der Waals surface area (Å²) in [5.74, 6) is 0.849. The molecular weight excluding hydrogens is 282 g/mol. The monoisotopic (exact) mass is 305 g/mol. The van der Waals surface area contributed by atoms with Gasteiger partial charge in [0.05, 0.1) is 20.6 Å². The highest BCUT2D eigenvalue weighted by molar-refractivity contribution is 5.96. The van der Waals surface area contributed by atoms with E-state index in [0.717, 1.165) is 29.8 Å². The van der Waals surface area contributed by atoms with E-state index >= 15 is 0 Å². The van der Waals surface area contributed by atoms with Crippen LogP contribution in [0.1, 0.15) is 31.7 Å². The third kappa shape index (κ3) is 3.59. The zero-order valence-corrected chi connectivity index (χ0v) is 13.4. The van der Waals surface area contributed by atoms with E-state index in [1.807, 2.05) is 18.2 Å². The Bertz CT molecular complexity index is 556. The molecule has 1 aliphatic rings. The maximum absolute atomic E-state index is 12.5. The molecule has 22 heavy (non-hydrogen) atoms. The first-order chi connectivity index (χ1) is 10.6. The van der Waals surface area contributed by atoms with Crippen molar-refractivity contribution in [3.63, 3.8) is 0 Å². The molecule has 2 rings (SSSR count). The van der Waals surface area contributed by atoms with Gasteiger partial charge in [0.15, 0.2) is 0 Å². The fourth-order valence-electron chi connectivity index (χ4n) is 2.80. The number of hydrogen-bond acceptors (Lipinski definition) is 4. The van der Waals surface area contributed by atoms with Gasteiger partial charge in [-0.25, -0.2) is 0 Å². The Kier molecular flexibility index (Phi) is 5.41. The molecule has 0 bridgehead atoms. The van der Waals surface area contributed by atoms with Crippen LogP contribution in [0.25, 0.3) is 0 Å². The summed E-state index contributed by atoms with van der Waals surface area (Å²) in [5.41, 5.74) is 2.06. The van der Waals surface area contributed by atoms with E-state index in [4.69, 9.17) is 4.74 Å². The van der Waals surface area contributed by atoms with Gasteiger partial charge in [-0.05, 0) is 36.1 Å². The number of rotatable bonds is 5. The molecule has 0 fully saturated rings. The van der Waals surface area contributed by atoms with Crippen LogP contribution in [0.5, 0.6) is 5.75 Å². The quantitative estimate of drug-likeness (QED) is 0.785. The average Bonchev–Trinajstić information content (AvgIpc) is 2.57. The third-order valence-electron chi connectivity index (χ3n) is 4.18. The lowest BCUT2D eigenvalue weighted by molar-refractivity contribution is -0.141. The summed E-state index contributed by atoms with van der Waals surface area (Å²) in [6.45, 7) is 2.84. The predicted molar refractivity (Wildman–Crippen MR) is 84.1 cm³/mol. The minimum absolute atomic E-state index is 0.0324. The van der Waals surface area contributed by atoms with Crippen LogP contribution < -0.4 is 9.64 Å². The lowest BCUT2D eigenvalue weighted by atomic mass is 9.90. The van der Waals surface area contributed by atoms with Gasteiger partial charge in [-0.15, -0.1) is 0 Å². The van der Waals surface area contributed by atoms with E-state index in [1.165, 1.54) is 7.11 Å². The Hall–Kier alpha value is -2.04. The van der Waals surface area contributed by atoms with Gasteiger partial charge in [-0.3, -0.25) is 9.59 Å². The van der Waals surface area contributed by atoms with Crippen LogP contribution in [0, 0.1) is 5.92 Å². The minimum atomic E-state index is -0.354. The minimum Gasteiger partial charge on any atom is -0.497 e. The smallest absolute Gasteiger partial charge is 0.306 e. The van der Waals surface area contributed by atoms with Gasteiger partial charge >= 0.3 is 5.97 Å².